The van der Waals surface area contributed by atoms with Crippen molar-refractivity contribution in [1.29, 1.82) is 0 Å². The Kier molecular flexibility index (Phi) is 4.33. The first-order valence-electron chi connectivity index (χ1n) is 6.79. The number of hydrogen-bond acceptors (Lipinski definition) is 2. The van der Waals surface area contributed by atoms with Gasteiger partial charge in [0, 0.05) is 23.9 Å². The molecule has 2 aromatic rings. The van der Waals surface area contributed by atoms with Crippen LogP contribution in [-0.2, 0) is 0 Å². The van der Waals surface area contributed by atoms with E-state index in [1.165, 1.54) is 16.7 Å². The molecule has 0 aliphatic rings. The molecular weight excluding hydrogens is 232 g/mol. The average Bonchev–Trinajstić information content (AvgIpc) is 2.42. The maximum Gasteiger partial charge on any atom is 0.0450 e. The zero-order chi connectivity index (χ0) is 13.8. The van der Waals surface area contributed by atoms with Crippen molar-refractivity contribution in [3.63, 3.8) is 0 Å². The Morgan fingerprint density at radius 1 is 1.11 bits per heavy atom. The summed E-state index contributed by atoms with van der Waals surface area (Å²) in [6.45, 7) is 6.54. The predicted molar refractivity (Wildman–Crippen MR) is 80.4 cm³/mol. The van der Waals surface area contributed by atoms with Gasteiger partial charge in [0.2, 0.25) is 0 Å². The smallest absolute Gasteiger partial charge is 0.0450 e. The van der Waals surface area contributed by atoms with E-state index in [4.69, 9.17) is 0 Å². The zero-order valence-corrected chi connectivity index (χ0v) is 12.1. The Hall–Kier alpha value is -1.67. The molecule has 2 atom stereocenters. The van der Waals surface area contributed by atoms with Gasteiger partial charge in [-0.1, -0.05) is 36.8 Å². The molecule has 1 aromatic heterocycles. The molecule has 2 rings (SSSR count). The van der Waals surface area contributed by atoms with Gasteiger partial charge in [0.25, 0.3) is 0 Å². The highest BCUT2D eigenvalue weighted by molar-refractivity contribution is 5.34. The number of rotatable bonds is 4. The molecule has 1 N–H and O–H groups in total. The van der Waals surface area contributed by atoms with Crippen LogP contribution in [0.1, 0.15) is 41.3 Å². The molecule has 2 heteroatoms. The lowest BCUT2D eigenvalue weighted by molar-refractivity contribution is 0.497. The van der Waals surface area contributed by atoms with Crippen LogP contribution in [0.2, 0.25) is 0 Å². The Bertz CT molecular complexity index is 534. The van der Waals surface area contributed by atoms with Gasteiger partial charge in [-0.2, -0.15) is 0 Å². The van der Waals surface area contributed by atoms with Crippen LogP contribution in [0.15, 0.2) is 42.6 Å². The Labute approximate surface area is 115 Å². The first kappa shape index (κ1) is 13.8. The quantitative estimate of drug-likeness (QED) is 0.898. The summed E-state index contributed by atoms with van der Waals surface area (Å²) in [5.74, 6) is 0.340. The van der Waals surface area contributed by atoms with E-state index < -0.39 is 0 Å². The number of pyridine rings is 1. The van der Waals surface area contributed by atoms with Crippen molar-refractivity contribution in [2.45, 2.75) is 32.7 Å². The van der Waals surface area contributed by atoms with E-state index in [-0.39, 0.29) is 6.04 Å². The fourth-order valence-corrected chi connectivity index (χ4v) is 2.67. The minimum Gasteiger partial charge on any atom is -0.312 e. The maximum absolute atomic E-state index is 4.48. The average molecular weight is 254 g/mol. The van der Waals surface area contributed by atoms with E-state index in [9.17, 15) is 0 Å². The molecule has 0 radical (unpaired) electrons. The van der Waals surface area contributed by atoms with Gasteiger partial charge in [0.05, 0.1) is 0 Å². The van der Waals surface area contributed by atoms with Crippen LogP contribution in [0.5, 0.6) is 0 Å². The maximum atomic E-state index is 4.48. The minimum atomic E-state index is 0.288. The Morgan fingerprint density at radius 2 is 1.89 bits per heavy atom. The van der Waals surface area contributed by atoms with E-state index in [0.717, 1.165) is 5.69 Å². The second kappa shape index (κ2) is 5.98. The van der Waals surface area contributed by atoms with Crippen molar-refractivity contribution in [2.24, 2.45) is 0 Å². The number of aromatic nitrogens is 1. The molecule has 1 aromatic carbocycles. The second-order valence-electron chi connectivity index (χ2n) is 5.17. The van der Waals surface area contributed by atoms with Crippen molar-refractivity contribution in [3.05, 3.63) is 65.0 Å². The Morgan fingerprint density at radius 3 is 2.47 bits per heavy atom. The van der Waals surface area contributed by atoms with Crippen LogP contribution in [0, 0.1) is 13.8 Å². The molecule has 0 aliphatic heterocycles. The van der Waals surface area contributed by atoms with Gasteiger partial charge in [-0.05, 0) is 44.2 Å². The Balaban J connectivity index is 2.34. The molecule has 0 saturated carbocycles. The van der Waals surface area contributed by atoms with E-state index >= 15 is 0 Å². The molecule has 1 heterocycles. The summed E-state index contributed by atoms with van der Waals surface area (Å²) in [7, 11) is 2.02. The lowest BCUT2D eigenvalue weighted by atomic mass is 9.88. The zero-order valence-electron chi connectivity index (χ0n) is 12.1. The fourth-order valence-electron chi connectivity index (χ4n) is 2.67. The van der Waals surface area contributed by atoms with Crippen LogP contribution < -0.4 is 5.32 Å². The van der Waals surface area contributed by atoms with Gasteiger partial charge in [0.1, 0.15) is 0 Å². The third-order valence-corrected chi connectivity index (χ3v) is 3.73. The topological polar surface area (TPSA) is 24.9 Å². The highest BCUT2D eigenvalue weighted by atomic mass is 14.9. The van der Waals surface area contributed by atoms with Crippen LogP contribution in [-0.4, -0.2) is 12.0 Å². The highest BCUT2D eigenvalue weighted by Gasteiger charge is 2.21. The summed E-state index contributed by atoms with van der Waals surface area (Å²) in [5, 5.41) is 3.44. The fraction of sp³-hybridized carbons (Fsp3) is 0.353. The van der Waals surface area contributed by atoms with Crippen molar-refractivity contribution >= 4 is 0 Å². The number of hydrogen-bond donors (Lipinski definition) is 1. The van der Waals surface area contributed by atoms with E-state index in [1.807, 2.05) is 25.4 Å². The van der Waals surface area contributed by atoms with E-state index in [1.54, 1.807) is 0 Å². The van der Waals surface area contributed by atoms with Crippen molar-refractivity contribution < 1.29 is 0 Å². The molecule has 0 fully saturated rings. The second-order valence-corrected chi connectivity index (χ2v) is 5.17. The summed E-state index contributed by atoms with van der Waals surface area (Å²) in [6, 6.07) is 13.0. The van der Waals surface area contributed by atoms with E-state index in [2.05, 4.69) is 55.3 Å². The van der Waals surface area contributed by atoms with Gasteiger partial charge in [0.15, 0.2) is 0 Å². The molecule has 0 bridgehead atoms. The largest absolute Gasteiger partial charge is 0.312 e. The van der Waals surface area contributed by atoms with Gasteiger partial charge < -0.3 is 5.32 Å². The first-order valence-corrected chi connectivity index (χ1v) is 6.79. The third kappa shape index (κ3) is 3.02. The van der Waals surface area contributed by atoms with Crippen LogP contribution in [0.25, 0.3) is 0 Å². The number of nitrogens with one attached hydrogen (secondary N) is 1. The SMILES string of the molecule is CNC(c1ccc(C)cc1C)C(C)c1ccccn1. The van der Waals surface area contributed by atoms with Gasteiger partial charge in [-0.25, -0.2) is 0 Å². The molecule has 0 aliphatic carbocycles. The summed E-state index contributed by atoms with van der Waals surface area (Å²) < 4.78 is 0. The molecule has 0 saturated heterocycles. The van der Waals surface area contributed by atoms with Crippen molar-refractivity contribution in [1.82, 2.24) is 10.3 Å². The monoisotopic (exact) mass is 254 g/mol. The molecule has 19 heavy (non-hydrogen) atoms. The van der Waals surface area contributed by atoms with Gasteiger partial charge >= 0.3 is 0 Å². The third-order valence-electron chi connectivity index (χ3n) is 3.73. The number of likely N-dealkylation sites (N-methyl/N-ethyl adjacent to an activating group) is 1. The standard InChI is InChI=1S/C17H22N2/c1-12-8-9-15(13(2)11-12)17(18-4)14(3)16-7-5-6-10-19-16/h5-11,14,17-18H,1-4H3. The molecule has 2 unspecified atom stereocenters. The van der Waals surface area contributed by atoms with Crippen LogP contribution in [0.4, 0.5) is 0 Å². The molecule has 100 valence electrons. The number of aryl methyl sites for hydroxylation is 2. The molecule has 0 spiro atoms. The molecule has 2 nitrogen and oxygen atoms in total. The summed E-state index contributed by atoms with van der Waals surface area (Å²) >= 11 is 0. The summed E-state index contributed by atoms with van der Waals surface area (Å²) in [6.07, 6.45) is 1.86. The van der Waals surface area contributed by atoms with E-state index in [0.29, 0.717) is 5.92 Å². The predicted octanol–water partition coefficient (Wildman–Crippen LogP) is 3.76. The van der Waals surface area contributed by atoms with Crippen LogP contribution in [0.3, 0.4) is 0 Å². The lowest BCUT2D eigenvalue weighted by Crippen LogP contribution is -2.23. The lowest BCUT2D eigenvalue weighted by Gasteiger charge is -2.25. The first-order chi connectivity index (χ1) is 9.13. The summed E-state index contributed by atoms with van der Waals surface area (Å²) in [4.78, 5) is 4.48. The highest BCUT2D eigenvalue weighted by Crippen LogP contribution is 2.31. The van der Waals surface area contributed by atoms with Crippen LogP contribution >= 0.6 is 0 Å². The molecular formula is C17H22N2. The van der Waals surface area contributed by atoms with Gasteiger partial charge in [-0.3, -0.25) is 4.98 Å². The molecule has 0 amide bonds. The normalized spacial score (nSPS) is 14.1. The minimum absolute atomic E-state index is 0.288. The summed E-state index contributed by atoms with van der Waals surface area (Å²) in [5.41, 5.74) is 5.12. The van der Waals surface area contributed by atoms with Crippen molar-refractivity contribution in [2.75, 3.05) is 7.05 Å². The number of nitrogens with zero attached hydrogens (tertiary/aromatic N) is 1. The van der Waals surface area contributed by atoms with Gasteiger partial charge in [-0.15, -0.1) is 0 Å². The number of benzene rings is 1. The van der Waals surface area contributed by atoms with Crippen molar-refractivity contribution in [3.8, 4) is 0 Å².